The Hall–Kier alpha value is -2.64. The molecule has 8 heteroatoms. The number of carbonyl (C=O) groups excluding carboxylic acids is 1. The van der Waals surface area contributed by atoms with Crippen LogP contribution >= 0.6 is 11.6 Å². The summed E-state index contributed by atoms with van der Waals surface area (Å²) >= 11 is 6.54. The third kappa shape index (κ3) is 5.40. The zero-order chi connectivity index (χ0) is 23.6. The van der Waals surface area contributed by atoms with Crippen LogP contribution in [0.2, 0.25) is 5.02 Å². The normalized spacial score (nSPS) is 12.1. The lowest BCUT2D eigenvalue weighted by Gasteiger charge is -2.33. The molecule has 0 bridgehead atoms. The van der Waals surface area contributed by atoms with Crippen molar-refractivity contribution in [2.24, 2.45) is 0 Å². The number of fused-ring (bicyclic) bond motifs is 1. The number of nitrogens with zero attached hydrogens (tertiary/aromatic N) is 5. The summed E-state index contributed by atoms with van der Waals surface area (Å²) in [6.07, 6.45) is 1.40. The van der Waals surface area contributed by atoms with Gasteiger partial charge >= 0.3 is 6.09 Å². The van der Waals surface area contributed by atoms with E-state index in [9.17, 15) is 4.79 Å². The molecule has 7 nitrogen and oxygen atoms in total. The smallest absolute Gasteiger partial charge is 0.424 e. The number of amides is 1. The van der Waals surface area contributed by atoms with E-state index in [-0.39, 0.29) is 12.1 Å². The standard InChI is InChI=1S/C24H32ClN5O2/c1-8-29(23(31)32-24(4,5)6)28(7)15-17-10-9-11-18(12-17)21-13-20(25)19-14-26-30(16(2)3)22(19)27-21/h9-14,16H,8,15H2,1-7H3. The van der Waals surface area contributed by atoms with Crippen molar-refractivity contribution in [1.82, 2.24) is 24.8 Å². The molecule has 0 fully saturated rings. The summed E-state index contributed by atoms with van der Waals surface area (Å²) < 4.78 is 7.41. The molecule has 0 radical (unpaired) electrons. The fraction of sp³-hybridized carbons (Fsp3) is 0.458. The molecule has 0 saturated carbocycles. The first kappa shape index (κ1) is 24.0. The van der Waals surface area contributed by atoms with Crippen LogP contribution in [0.5, 0.6) is 0 Å². The van der Waals surface area contributed by atoms with E-state index in [1.54, 1.807) is 11.2 Å². The van der Waals surface area contributed by atoms with Gasteiger partial charge in [-0.1, -0.05) is 29.8 Å². The lowest BCUT2D eigenvalue weighted by atomic mass is 10.1. The molecule has 0 atom stereocenters. The van der Waals surface area contributed by atoms with Crippen LogP contribution in [-0.2, 0) is 11.3 Å². The molecule has 0 spiro atoms. The Morgan fingerprint density at radius 3 is 2.59 bits per heavy atom. The predicted molar refractivity (Wildman–Crippen MR) is 128 cm³/mol. The predicted octanol–water partition coefficient (Wildman–Crippen LogP) is 5.94. The Labute approximate surface area is 194 Å². The molecule has 2 aromatic heterocycles. The van der Waals surface area contributed by atoms with Gasteiger partial charge in [0.05, 0.1) is 22.3 Å². The molecule has 0 aliphatic heterocycles. The summed E-state index contributed by atoms with van der Waals surface area (Å²) in [5, 5.41) is 9.36. The number of rotatable bonds is 6. The van der Waals surface area contributed by atoms with Crippen LogP contribution in [0.25, 0.3) is 22.3 Å². The van der Waals surface area contributed by atoms with Crippen molar-refractivity contribution < 1.29 is 9.53 Å². The highest BCUT2D eigenvalue weighted by atomic mass is 35.5. The van der Waals surface area contributed by atoms with Gasteiger partial charge in [-0.05, 0) is 59.2 Å². The van der Waals surface area contributed by atoms with E-state index in [4.69, 9.17) is 21.3 Å². The monoisotopic (exact) mass is 457 g/mol. The summed E-state index contributed by atoms with van der Waals surface area (Å²) in [5.74, 6) is 0. The van der Waals surface area contributed by atoms with E-state index >= 15 is 0 Å². The van der Waals surface area contributed by atoms with Gasteiger partial charge in [0.1, 0.15) is 5.60 Å². The first-order chi connectivity index (χ1) is 15.0. The first-order valence-electron chi connectivity index (χ1n) is 10.8. The molecule has 0 unspecified atom stereocenters. The van der Waals surface area contributed by atoms with E-state index in [2.05, 4.69) is 25.0 Å². The molecular weight excluding hydrogens is 426 g/mol. The number of carbonyl (C=O) groups is 1. The third-order valence-corrected chi connectivity index (χ3v) is 5.27. The quantitative estimate of drug-likeness (QED) is 0.429. The maximum Gasteiger partial charge on any atom is 0.424 e. The molecule has 2 heterocycles. The molecule has 0 aliphatic carbocycles. The van der Waals surface area contributed by atoms with Gasteiger partial charge in [-0.3, -0.25) is 0 Å². The van der Waals surface area contributed by atoms with Crippen molar-refractivity contribution in [3.8, 4) is 11.3 Å². The van der Waals surface area contributed by atoms with Crippen LogP contribution in [0.1, 0.15) is 53.1 Å². The van der Waals surface area contributed by atoms with Crippen LogP contribution < -0.4 is 0 Å². The van der Waals surface area contributed by atoms with Crippen molar-refractivity contribution in [2.45, 2.75) is 59.7 Å². The first-order valence-corrected chi connectivity index (χ1v) is 11.2. The number of hydrazine groups is 1. The topological polar surface area (TPSA) is 63.5 Å². The Morgan fingerprint density at radius 2 is 1.97 bits per heavy atom. The molecule has 172 valence electrons. The highest BCUT2D eigenvalue weighted by Crippen LogP contribution is 2.29. The second-order valence-corrected chi connectivity index (χ2v) is 9.53. The van der Waals surface area contributed by atoms with E-state index in [0.717, 1.165) is 27.9 Å². The van der Waals surface area contributed by atoms with Gasteiger partial charge in [0, 0.05) is 31.7 Å². The minimum Gasteiger partial charge on any atom is -0.443 e. The number of pyridine rings is 1. The molecule has 1 amide bonds. The van der Waals surface area contributed by atoms with Gasteiger partial charge < -0.3 is 4.74 Å². The zero-order valence-electron chi connectivity index (χ0n) is 19.9. The molecule has 0 saturated heterocycles. The van der Waals surface area contributed by atoms with E-state index in [1.807, 2.05) is 68.7 Å². The van der Waals surface area contributed by atoms with Crippen LogP contribution in [0.3, 0.4) is 0 Å². The highest BCUT2D eigenvalue weighted by molar-refractivity contribution is 6.35. The number of halogens is 1. The molecule has 1 aromatic carbocycles. The largest absolute Gasteiger partial charge is 0.443 e. The molecule has 0 aliphatic rings. The average Bonchev–Trinajstić information content (AvgIpc) is 3.12. The number of hydrogen-bond acceptors (Lipinski definition) is 5. The number of hydrogen-bond donors (Lipinski definition) is 0. The number of ether oxygens (including phenoxy) is 1. The van der Waals surface area contributed by atoms with Crippen molar-refractivity contribution in [3.63, 3.8) is 0 Å². The van der Waals surface area contributed by atoms with Crippen LogP contribution in [0, 0.1) is 0 Å². The fourth-order valence-corrected chi connectivity index (χ4v) is 3.75. The Morgan fingerprint density at radius 1 is 1.25 bits per heavy atom. The van der Waals surface area contributed by atoms with Gasteiger partial charge in [-0.2, -0.15) is 5.10 Å². The number of benzene rings is 1. The maximum absolute atomic E-state index is 12.6. The van der Waals surface area contributed by atoms with Crippen LogP contribution in [-0.4, -0.2) is 50.1 Å². The second kappa shape index (κ2) is 9.46. The van der Waals surface area contributed by atoms with Crippen molar-refractivity contribution in [2.75, 3.05) is 13.6 Å². The van der Waals surface area contributed by atoms with E-state index in [0.29, 0.717) is 18.1 Å². The second-order valence-electron chi connectivity index (χ2n) is 9.12. The minimum absolute atomic E-state index is 0.180. The SMILES string of the molecule is CCN(C(=O)OC(C)(C)C)N(C)Cc1cccc(-c2cc(Cl)c3cnn(C(C)C)c3n2)c1. The Kier molecular flexibility index (Phi) is 7.10. The third-order valence-electron chi connectivity index (χ3n) is 4.96. The minimum atomic E-state index is -0.544. The summed E-state index contributed by atoms with van der Waals surface area (Å²) in [6, 6.07) is 10.1. The summed E-state index contributed by atoms with van der Waals surface area (Å²) in [5.41, 5.74) is 3.01. The summed E-state index contributed by atoms with van der Waals surface area (Å²) in [6.45, 7) is 12.7. The molecule has 32 heavy (non-hydrogen) atoms. The van der Waals surface area contributed by atoms with Crippen LogP contribution in [0.15, 0.2) is 36.5 Å². The lowest BCUT2D eigenvalue weighted by molar-refractivity contribution is -0.0401. The summed E-state index contributed by atoms with van der Waals surface area (Å²) in [7, 11) is 1.88. The van der Waals surface area contributed by atoms with Gasteiger partial charge in [0.2, 0.25) is 0 Å². The molecular formula is C24H32ClN5O2. The van der Waals surface area contributed by atoms with Crippen molar-refractivity contribution in [3.05, 3.63) is 47.1 Å². The van der Waals surface area contributed by atoms with Gasteiger partial charge in [-0.15, -0.1) is 0 Å². The van der Waals surface area contributed by atoms with E-state index in [1.165, 1.54) is 0 Å². The Bertz CT molecular complexity index is 1100. The fourth-order valence-electron chi connectivity index (χ4n) is 3.51. The van der Waals surface area contributed by atoms with E-state index < -0.39 is 5.60 Å². The van der Waals surface area contributed by atoms with Crippen LogP contribution in [0.4, 0.5) is 4.79 Å². The lowest BCUT2D eigenvalue weighted by Crippen LogP contribution is -2.46. The van der Waals surface area contributed by atoms with Gasteiger partial charge in [-0.25, -0.2) is 24.5 Å². The molecule has 0 N–H and O–H groups in total. The van der Waals surface area contributed by atoms with Crippen molar-refractivity contribution >= 4 is 28.7 Å². The number of aromatic nitrogens is 3. The molecule has 3 aromatic rings. The van der Waals surface area contributed by atoms with Gasteiger partial charge in [0.15, 0.2) is 5.65 Å². The Balaban J connectivity index is 1.87. The van der Waals surface area contributed by atoms with Crippen molar-refractivity contribution in [1.29, 1.82) is 0 Å². The highest BCUT2D eigenvalue weighted by Gasteiger charge is 2.24. The zero-order valence-corrected chi connectivity index (χ0v) is 20.6. The average molecular weight is 458 g/mol. The van der Waals surface area contributed by atoms with Gasteiger partial charge in [0.25, 0.3) is 0 Å². The molecule has 3 rings (SSSR count). The summed E-state index contributed by atoms with van der Waals surface area (Å²) in [4.78, 5) is 17.4. The maximum atomic E-state index is 12.6.